The van der Waals surface area contributed by atoms with Crippen LogP contribution in [0.1, 0.15) is 22.6 Å². The second-order valence-corrected chi connectivity index (χ2v) is 9.64. The molecule has 3 heterocycles. The molecule has 0 radical (unpaired) electrons. The first-order valence-corrected chi connectivity index (χ1v) is 12.9. The van der Waals surface area contributed by atoms with Crippen molar-refractivity contribution in [3.8, 4) is 34.1 Å². The number of methoxy groups -OCH3 is 1. The molecule has 4 aromatic rings. The molecule has 210 valence electrons. The molecule has 0 N–H and O–H groups in total. The third kappa shape index (κ3) is 6.46. The highest BCUT2D eigenvalue weighted by Crippen LogP contribution is 2.38. The van der Waals surface area contributed by atoms with E-state index in [9.17, 15) is 13.2 Å². The van der Waals surface area contributed by atoms with E-state index in [0.717, 1.165) is 33.9 Å². The molecule has 0 saturated carbocycles. The Morgan fingerprint density at radius 1 is 0.950 bits per heavy atom. The lowest BCUT2D eigenvalue weighted by atomic mass is 10.1. The van der Waals surface area contributed by atoms with E-state index in [1.54, 1.807) is 6.07 Å². The van der Waals surface area contributed by atoms with Gasteiger partial charge in [-0.05, 0) is 49.7 Å². The molecule has 7 nitrogen and oxygen atoms in total. The SMILES string of the molecule is COc1cc(-c2nc(-c3cc(C)nc(C)c3)c3n2CC(COCc2ccccc2)OCC3)ccc1OC(F)(F)F. The van der Waals surface area contributed by atoms with Crippen LogP contribution in [-0.2, 0) is 29.0 Å². The molecule has 0 saturated heterocycles. The van der Waals surface area contributed by atoms with Gasteiger partial charge >= 0.3 is 6.36 Å². The summed E-state index contributed by atoms with van der Waals surface area (Å²) in [5.41, 5.74) is 6.07. The minimum Gasteiger partial charge on any atom is -0.493 e. The van der Waals surface area contributed by atoms with Crippen LogP contribution < -0.4 is 9.47 Å². The van der Waals surface area contributed by atoms with Crippen molar-refractivity contribution in [1.82, 2.24) is 14.5 Å². The van der Waals surface area contributed by atoms with Gasteiger partial charge in [0.1, 0.15) is 5.82 Å². The first-order chi connectivity index (χ1) is 19.2. The van der Waals surface area contributed by atoms with Gasteiger partial charge in [-0.1, -0.05) is 30.3 Å². The minimum absolute atomic E-state index is 0.0445. The minimum atomic E-state index is -4.84. The van der Waals surface area contributed by atoms with Crippen LogP contribution in [0.15, 0.2) is 60.7 Å². The zero-order valence-corrected chi connectivity index (χ0v) is 22.5. The summed E-state index contributed by atoms with van der Waals surface area (Å²) >= 11 is 0. The average molecular weight is 554 g/mol. The number of benzene rings is 2. The fourth-order valence-electron chi connectivity index (χ4n) is 4.94. The number of aromatic nitrogens is 3. The van der Waals surface area contributed by atoms with Crippen molar-refractivity contribution >= 4 is 0 Å². The zero-order valence-electron chi connectivity index (χ0n) is 22.5. The summed E-state index contributed by atoms with van der Waals surface area (Å²) in [6, 6.07) is 18.2. The standard InChI is InChI=1S/C30H30F3N3O4/c1-19-13-23(14-20(2)34-19)28-25-11-12-39-24(18-38-17-21-7-5-4-6-8-21)16-36(25)29(35-28)22-9-10-26(27(15-22)37-3)40-30(31,32)33/h4-10,13-15,24H,11-12,16-18H2,1-3H3. The smallest absolute Gasteiger partial charge is 0.493 e. The summed E-state index contributed by atoms with van der Waals surface area (Å²) in [7, 11) is 1.30. The van der Waals surface area contributed by atoms with E-state index >= 15 is 0 Å². The number of alkyl halides is 3. The molecular formula is C30H30F3N3O4. The Labute approximate surface area is 230 Å². The van der Waals surface area contributed by atoms with Crippen molar-refractivity contribution in [2.24, 2.45) is 0 Å². The second-order valence-electron chi connectivity index (χ2n) is 9.64. The molecule has 1 unspecified atom stereocenters. The van der Waals surface area contributed by atoms with E-state index in [1.165, 1.54) is 19.2 Å². The number of pyridine rings is 1. The summed E-state index contributed by atoms with van der Waals surface area (Å²) in [6.07, 6.45) is -4.49. The van der Waals surface area contributed by atoms with Crippen LogP contribution in [0, 0.1) is 13.8 Å². The monoisotopic (exact) mass is 553 g/mol. The number of ether oxygens (including phenoxy) is 4. The highest BCUT2D eigenvalue weighted by Gasteiger charge is 2.33. The van der Waals surface area contributed by atoms with Crippen molar-refractivity contribution in [2.75, 3.05) is 20.3 Å². The molecular weight excluding hydrogens is 523 g/mol. The molecule has 0 spiro atoms. The Kier molecular flexibility index (Phi) is 8.09. The number of nitrogens with zero attached hydrogens (tertiary/aromatic N) is 3. The van der Waals surface area contributed by atoms with Crippen molar-refractivity contribution in [3.63, 3.8) is 0 Å². The fourth-order valence-corrected chi connectivity index (χ4v) is 4.94. The summed E-state index contributed by atoms with van der Waals surface area (Å²) in [4.78, 5) is 9.51. The average Bonchev–Trinajstić information content (AvgIpc) is 3.12. The lowest BCUT2D eigenvalue weighted by molar-refractivity contribution is -0.275. The highest BCUT2D eigenvalue weighted by atomic mass is 19.4. The third-order valence-electron chi connectivity index (χ3n) is 6.57. The fraction of sp³-hybridized carbons (Fsp3) is 0.333. The predicted molar refractivity (Wildman–Crippen MR) is 143 cm³/mol. The Bertz CT molecular complexity index is 1450. The van der Waals surface area contributed by atoms with Crippen LogP contribution in [0.4, 0.5) is 13.2 Å². The zero-order chi connectivity index (χ0) is 28.3. The molecule has 2 aromatic heterocycles. The molecule has 10 heteroatoms. The number of hydrogen-bond donors (Lipinski definition) is 0. The van der Waals surface area contributed by atoms with Gasteiger partial charge in [0.2, 0.25) is 0 Å². The molecule has 0 bridgehead atoms. The lowest BCUT2D eigenvalue weighted by Gasteiger charge is -2.18. The van der Waals surface area contributed by atoms with Gasteiger partial charge in [-0.25, -0.2) is 4.98 Å². The van der Waals surface area contributed by atoms with Gasteiger partial charge in [0, 0.05) is 34.6 Å². The normalized spacial score (nSPS) is 15.4. The molecule has 1 aliphatic rings. The molecule has 2 aromatic carbocycles. The van der Waals surface area contributed by atoms with Crippen molar-refractivity contribution in [1.29, 1.82) is 0 Å². The molecule has 40 heavy (non-hydrogen) atoms. The van der Waals surface area contributed by atoms with Gasteiger partial charge in [0.15, 0.2) is 11.5 Å². The number of imidazole rings is 1. The molecule has 5 rings (SSSR count). The Morgan fingerprint density at radius 2 is 1.70 bits per heavy atom. The van der Waals surface area contributed by atoms with Crippen molar-refractivity contribution in [3.05, 3.63) is 83.3 Å². The number of halogens is 3. The molecule has 1 atom stereocenters. The maximum atomic E-state index is 12.9. The summed E-state index contributed by atoms with van der Waals surface area (Å²) < 4.78 is 62.4. The van der Waals surface area contributed by atoms with Crippen LogP contribution in [-0.4, -0.2) is 47.3 Å². The van der Waals surface area contributed by atoms with Crippen LogP contribution in [0.3, 0.4) is 0 Å². The number of fused-ring (bicyclic) bond motifs is 1. The van der Waals surface area contributed by atoms with E-state index in [0.29, 0.717) is 44.2 Å². The molecule has 0 amide bonds. The first kappa shape index (κ1) is 27.7. The molecule has 1 aliphatic heterocycles. The van der Waals surface area contributed by atoms with E-state index in [4.69, 9.17) is 19.2 Å². The van der Waals surface area contributed by atoms with Gasteiger partial charge < -0.3 is 23.5 Å². The molecule has 0 fully saturated rings. The Hall–Kier alpha value is -3.89. The maximum absolute atomic E-state index is 12.9. The number of hydrogen-bond acceptors (Lipinski definition) is 6. The largest absolute Gasteiger partial charge is 0.573 e. The highest BCUT2D eigenvalue weighted by molar-refractivity contribution is 5.70. The lowest BCUT2D eigenvalue weighted by Crippen LogP contribution is -2.24. The van der Waals surface area contributed by atoms with E-state index < -0.39 is 12.1 Å². The van der Waals surface area contributed by atoms with Gasteiger partial charge in [-0.3, -0.25) is 4.98 Å². The number of rotatable bonds is 8. The Morgan fingerprint density at radius 3 is 2.40 bits per heavy atom. The van der Waals surface area contributed by atoms with Gasteiger partial charge in [-0.2, -0.15) is 0 Å². The summed E-state index contributed by atoms with van der Waals surface area (Å²) in [6.45, 7) is 5.62. The topological polar surface area (TPSA) is 67.6 Å². The van der Waals surface area contributed by atoms with E-state index in [1.807, 2.05) is 56.3 Å². The van der Waals surface area contributed by atoms with Crippen LogP contribution in [0.25, 0.3) is 22.6 Å². The van der Waals surface area contributed by atoms with Crippen LogP contribution in [0.2, 0.25) is 0 Å². The quantitative estimate of drug-likeness (QED) is 0.255. The van der Waals surface area contributed by atoms with Gasteiger partial charge in [0.25, 0.3) is 0 Å². The molecule has 0 aliphatic carbocycles. The van der Waals surface area contributed by atoms with Gasteiger partial charge in [0.05, 0.1) is 45.3 Å². The summed E-state index contributed by atoms with van der Waals surface area (Å²) in [5.74, 6) is 0.127. The van der Waals surface area contributed by atoms with E-state index in [2.05, 4.69) is 14.3 Å². The second kappa shape index (κ2) is 11.7. The van der Waals surface area contributed by atoms with Crippen molar-refractivity contribution in [2.45, 2.75) is 45.9 Å². The predicted octanol–water partition coefficient (Wildman–Crippen LogP) is 6.29. The van der Waals surface area contributed by atoms with E-state index in [-0.39, 0.29) is 11.9 Å². The number of aryl methyl sites for hydroxylation is 2. The maximum Gasteiger partial charge on any atom is 0.573 e. The van der Waals surface area contributed by atoms with Gasteiger partial charge in [-0.15, -0.1) is 13.2 Å². The third-order valence-corrected chi connectivity index (χ3v) is 6.57. The Balaban J connectivity index is 1.52. The first-order valence-electron chi connectivity index (χ1n) is 12.9. The summed E-state index contributed by atoms with van der Waals surface area (Å²) in [5, 5.41) is 0. The van der Waals surface area contributed by atoms with Crippen LogP contribution in [0.5, 0.6) is 11.5 Å². The van der Waals surface area contributed by atoms with Crippen LogP contribution >= 0.6 is 0 Å². The van der Waals surface area contributed by atoms with Crippen molar-refractivity contribution < 1.29 is 32.1 Å².